The first-order valence-corrected chi connectivity index (χ1v) is 5.40. The number of aryl methyl sites for hydroxylation is 1. The molecule has 0 radical (unpaired) electrons. The number of hydrogen-bond acceptors (Lipinski definition) is 4. The van der Waals surface area contributed by atoms with Crippen molar-refractivity contribution in [2.24, 2.45) is 0 Å². The zero-order valence-electron chi connectivity index (χ0n) is 10.4. The SMILES string of the molecule is COc1ccccc1-n1nc(C)c([N+](=O)[O-])c1C. The highest BCUT2D eigenvalue weighted by molar-refractivity contribution is 5.51. The zero-order chi connectivity index (χ0) is 13.3. The van der Waals surface area contributed by atoms with Gasteiger partial charge in [0.1, 0.15) is 22.8 Å². The standard InChI is InChI=1S/C12H13N3O3/c1-8-12(15(16)17)9(2)14(13-8)10-6-4-5-7-11(10)18-3/h4-7H,1-3H3. The van der Waals surface area contributed by atoms with E-state index in [-0.39, 0.29) is 5.69 Å². The highest BCUT2D eigenvalue weighted by Gasteiger charge is 2.23. The predicted octanol–water partition coefficient (Wildman–Crippen LogP) is 2.41. The molecule has 0 amide bonds. The van der Waals surface area contributed by atoms with Crippen LogP contribution in [-0.2, 0) is 0 Å². The van der Waals surface area contributed by atoms with Crippen LogP contribution in [-0.4, -0.2) is 21.8 Å². The van der Waals surface area contributed by atoms with E-state index in [1.165, 1.54) is 4.68 Å². The molecular weight excluding hydrogens is 234 g/mol. The number of benzene rings is 1. The van der Waals surface area contributed by atoms with Crippen molar-refractivity contribution in [1.82, 2.24) is 9.78 Å². The van der Waals surface area contributed by atoms with Crippen LogP contribution in [0.5, 0.6) is 5.75 Å². The van der Waals surface area contributed by atoms with E-state index >= 15 is 0 Å². The van der Waals surface area contributed by atoms with Gasteiger partial charge in [-0.2, -0.15) is 5.10 Å². The first-order chi connectivity index (χ1) is 8.56. The fraction of sp³-hybridized carbons (Fsp3) is 0.250. The van der Waals surface area contributed by atoms with Crippen molar-refractivity contribution in [3.8, 4) is 11.4 Å². The van der Waals surface area contributed by atoms with Gasteiger partial charge in [0, 0.05) is 0 Å². The Morgan fingerprint density at radius 2 is 2.00 bits per heavy atom. The minimum Gasteiger partial charge on any atom is -0.494 e. The molecule has 1 heterocycles. The number of para-hydroxylation sites is 2. The lowest BCUT2D eigenvalue weighted by Gasteiger charge is -2.08. The van der Waals surface area contributed by atoms with Crippen molar-refractivity contribution >= 4 is 5.69 Å². The Balaban J connectivity index is 2.65. The quantitative estimate of drug-likeness (QED) is 0.616. The minimum atomic E-state index is -0.413. The molecule has 1 aromatic heterocycles. The van der Waals surface area contributed by atoms with Crippen LogP contribution < -0.4 is 4.74 Å². The molecule has 18 heavy (non-hydrogen) atoms. The second-order valence-electron chi connectivity index (χ2n) is 3.86. The molecule has 0 unspecified atom stereocenters. The molecule has 0 aliphatic carbocycles. The maximum Gasteiger partial charge on any atom is 0.313 e. The molecule has 1 aromatic carbocycles. The number of ether oxygens (including phenoxy) is 1. The van der Waals surface area contributed by atoms with Crippen LogP contribution in [0.4, 0.5) is 5.69 Å². The van der Waals surface area contributed by atoms with Gasteiger partial charge >= 0.3 is 5.69 Å². The summed E-state index contributed by atoms with van der Waals surface area (Å²) in [6, 6.07) is 7.27. The van der Waals surface area contributed by atoms with Crippen molar-refractivity contribution < 1.29 is 9.66 Å². The fourth-order valence-electron chi connectivity index (χ4n) is 1.94. The van der Waals surface area contributed by atoms with Crippen molar-refractivity contribution in [3.05, 3.63) is 45.8 Å². The van der Waals surface area contributed by atoms with E-state index in [9.17, 15) is 10.1 Å². The van der Waals surface area contributed by atoms with Gasteiger partial charge in [0.25, 0.3) is 0 Å². The largest absolute Gasteiger partial charge is 0.494 e. The maximum atomic E-state index is 11.0. The van der Waals surface area contributed by atoms with Crippen LogP contribution in [0.2, 0.25) is 0 Å². The highest BCUT2D eigenvalue weighted by Crippen LogP contribution is 2.28. The summed E-state index contributed by atoms with van der Waals surface area (Å²) in [5.74, 6) is 0.623. The van der Waals surface area contributed by atoms with Gasteiger partial charge in [0.2, 0.25) is 0 Å². The van der Waals surface area contributed by atoms with Gasteiger partial charge in [0.05, 0.1) is 12.0 Å². The maximum absolute atomic E-state index is 11.0. The molecule has 2 aromatic rings. The summed E-state index contributed by atoms with van der Waals surface area (Å²) in [6.45, 7) is 3.29. The Morgan fingerprint density at radius 1 is 1.33 bits per heavy atom. The molecule has 0 N–H and O–H groups in total. The van der Waals surface area contributed by atoms with Crippen LogP contribution in [0.15, 0.2) is 24.3 Å². The second kappa shape index (κ2) is 4.48. The third-order valence-corrected chi connectivity index (χ3v) is 2.75. The third-order valence-electron chi connectivity index (χ3n) is 2.75. The molecule has 0 bridgehead atoms. The van der Waals surface area contributed by atoms with Crippen LogP contribution in [0.25, 0.3) is 5.69 Å². The average Bonchev–Trinajstić information content (AvgIpc) is 2.64. The van der Waals surface area contributed by atoms with E-state index in [2.05, 4.69) is 5.10 Å². The summed E-state index contributed by atoms with van der Waals surface area (Å²) >= 11 is 0. The van der Waals surface area contributed by atoms with Gasteiger partial charge in [0.15, 0.2) is 0 Å². The number of methoxy groups -OCH3 is 1. The molecular formula is C12H13N3O3. The van der Waals surface area contributed by atoms with Crippen molar-refractivity contribution in [2.45, 2.75) is 13.8 Å². The number of nitrogens with zero attached hydrogens (tertiary/aromatic N) is 3. The number of nitro groups is 1. The molecule has 94 valence electrons. The summed E-state index contributed by atoms with van der Waals surface area (Å²) in [5, 5.41) is 15.2. The van der Waals surface area contributed by atoms with Crippen molar-refractivity contribution in [3.63, 3.8) is 0 Å². The van der Waals surface area contributed by atoms with E-state index < -0.39 is 4.92 Å². The summed E-state index contributed by atoms with van der Waals surface area (Å²) in [7, 11) is 1.55. The highest BCUT2D eigenvalue weighted by atomic mass is 16.6. The van der Waals surface area contributed by atoms with Gasteiger partial charge in [-0.15, -0.1) is 0 Å². The van der Waals surface area contributed by atoms with E-state index in [4.69, 9.17) is 4.74 Å². The lowest BCUT2D eigenvalue weighted by Crippen LogP contribution is -2.02. The molecule has 0 aliphatic rings. The van der Waals surface area contributed by atoms with Gasteiger partial charge in [-0.25, -0.2) is 4.68 Å². The normalized spacial score (nSPS) is 10.4. The molecule has 0 fully saturated rings. The topological polar surface area (TPSA) is 70.2 Å². The van der Waals surface area contributed by atoms with E-state index in [1.807, 2.05) is 18.2 Å². The second-order valence-corrected chi connectivity index (χ2v) is 3.86. The fourth-order valence-corrected chi connectivity index (χ4v) is 1.94. The molecule has 0 saturated heterocycles. The number of hydrogen-bond donors (Lipinski definition) is 0. The Kier molecular flexibility index (Phi) is 3.01. The summed E-state index contributed by atoms with van der Waals surface area (Å²) in [6.07, 6.45) is 0. The monoisotopic (exact) mass is 247 g/mol. The van der Waals surface area contributed by atoms with Crippen LogP contribution in [0.1, 0.15) is 11.4 Å². The molecule has 0 saturated carbocycles. The Hall–Kier alpha value is -2.37. The minimum absolute atomic E-state index is 0.0425. The molecule has 6 heteroatoms. The number of aromatic nitrogens is 2. The summed E-state index contributed by atoms with van der Waals surface area (Å²) in [4.78, 5) is 10.5. The van der Waals surface area contributed by atoms with Crippen LogP contribution >= 0.6 is 0 Å². The molecule has 0 aliphatic heterocycles. The van der Waals surface area contributed by atoms with E-state index in [1.54, 1.807) is 27.0 Å². The first-order valence-electron chi connectivity index (χ1n) is 5.40. The average molecular weight is 247 g/mol. The van der Waals surface area contributed by atoms with E-state index in [0.717, 1.165) is 0 Å². The molecule has 0 spiro atoms. The zero-order valence-corrected chi connectivity index (χ0v) is 10.4. The van der Waals surface area contributed by atoms with Crippen LogP contribution in [0, 0.1) is 24.0 Å². The molecule has 0 atom stereocenters. The predicted molar refractivity (Wildman–Crippen MR) is 66.2 cm³/mol. The van der Waals surface area contributed by atoms with Crippen molar-refractivity contribution in [1.29, 1.82) is 0 Å². The van der Waals surface area contributed by atoms with Gasteiger partial charge in [-0.3, -0.25) is 10.1 Å². The van der Waals surface area contributed by atoms with Crippen LogP contribution in [0.3, 0.4) is 0 Å². The Morgan fingerprint density at radius 3 is 2.56 bits per heavy atom. The van der Waals surface area contributed by atoms with Crippen molar-refractivity contribution in [2.75, 3.05) is 7.11 Å². The summed E-state index contributed by atoms with van der Waals surface area (Å²) < 4.78 is 6.77. The Bertz CT molecular complexity index is 605. The van der Waals surface area contributed by atoms with Gasteiger partial charge in [-0.05, 0) is 26.0 Å². The smallest absolute Gasteiger partial charge is 0.313 e. The lowest BCUT2D eigenvalue weighted by molar-refractivity contribution is -0.386. The van der Waals surface area contributed by atoms with E-state index in [0.29, 0.717) is 22.8 Å². The lowest BCUT2D eigenvalue weighted by atomic mass is 10.2. The third kappa shape index (κ3) is 1.81. The summed E-state index contributed by atoms with van der Waals surface area (Å²) in [5.41, 5.74) is 1.61. The first kappa shape index (κ1) is 12.1. The molecule has 2 rings (SSSR count). The van der Waals surface area contributed by atoms with Gasteiger partial charge < -0.3 is 4.74 Å². The molecule has 6 nitrogen and oxygen atoms in total. The number of rotatable bonds is 3. The van der Waals surface area contributed by atoms with Gasteiger partial charge in [-0.1, -0.05) is 12.1 Å². The Labute approximate surface area is 104 Å².